The van der Waals surface area contributed by atoms with Crippen LogP contribution in [-0.2, 0) is 20.9 Å². The topological polar surface area (TPSA) is 80.3 Å². The van der Waals surface area contributed by atoms with Gasteiger partial charge in [-0.25, -0.2) is 0 Å². The lowest BCUT2D eigenvalue weighted by atomic mass is 10.2. The first-order chi connectivity index (χ1) is 13.2. The maximum atomic E-state index is 12.4. The van der Waals surface area contributed by atoms with Gasteiger partial charge in [-0.2, -0.15) is 0 Å². The number of amides is 2. The summed E-state index contributed by atoms with van der Waals surface area (Å²) in [6, 6.07) is 5.66. The first kappa shape index (κ1) is 18.1. The van der Waals surface area contributed by atoms with E-state index in [0.29, 0.717) is 51.6 Å². The molecule has 3 heterocycles. The molecule has 0 aromatic heterocycles. The molecule has 2 saturated heterocycles. The highest BCUT2D eigenvalue weighted by Crippen LogP contribution is 2.32. The quantitative estimate of drug-likeness (QED) is 0.800. The Morgan fingerprint density at radius 3 is 2.70 bits per heavy atom. The summed E-state index contributed by atoms with van der Waals surface area (Å²) in [6.07, 6.45) is 1.52. The van der Waals surface area contributed by atoms with Gasteiger partial charge in [-0.05, 0) is 30.5 Å². The Bertz CT molecular complexity index is 697. The smallest absolute Gasteiger partial charge is 0.251 e. The minimum absolute atomic E-state index is 0.0217. The van der Waals surface area contributed by atoms with E-state index in [-0.39, 0.29) is 24.7 Å². The second-order valence-electron chi connectivity index (χ2n) is 7.07. The van der Waals surface area contributed by atoms with Gasteiger partial charge in [0.1, 0.15) is 6.10 Å². The summed E-state index contributed by atoms with van der Waals surface area (Å²) in [5.74, 6) is 1.53. The number of benzene rings is 1. The molecule has 146 valence electrons. The molecule has 3 aliphatic heterocycles. The molecule has 1 aromatic rings. The molecule has 2 amide bonds. The van der Waals surface area contributed by atoms with Crippen molar-refractivity contribution in [1.82, 2.24) is 15.1 Å². The third kappa shape index (κ3) is 4.33. The van der Waals surface area contributed by atoms with Crippen molar-refractivity contribution in [3.63, 3.8) is 0 Å². The lowest BCUT2D eigenvalue weighted by Gasteiger charge is -2.35. The summed E-state index contributed by atoms with van der Waals surface area (Å²) < 4.78 is 16.1. The highest BCUT2D eigenvalue weighted by Gasteiger charge is 2.30. The fourth-order valence-corrected chi connectivity index (χ4v) is 3.61. The Morgan fingerprint density at radius 1 is 1.11 bits per heavy atom. The maximum absolute atomic E-state index is 12.4. The maximum Gasteiger partial charge on any atom is 0.251 e. The normalized spacial score (nSPS) is 22.1. The zero-order valence-electron chi connectivity index (χ0n) is 15.3. The van der Waals surface area contributed by atoms with E-state index in [4.69, 9.17) is 14.2 Å². The number of carbonyl (C=O) groups is 2. The molecule has 0 bridgehead atoms. The van der Waals surface area contributed by atoms with Gasteiger partial charge in [0.05, 0.1) is 6.54 Å². The average Bonchev–Trinajstić information content (AvgIpc) is 3.38. The molecular formula is C19H25N3O5. The lowest BCUT2D eigenvalue weighted by Crippen LogP contribution is -2.53. The Kier molecular flexibility index (Phi) is 5.45. The van der Waals surface area contributed by atoms with Crippen molar-refractivity contribution in [3.05, 3.63) is 23.8 Å². The number of hydrogen-bond acceptors (Lipinski definition) is 6. The largest absolute Gasteiger partial charge is 0.454 e. The van der Waals surface area contributed by atoms with Crippen LogP contribution in [0.15, 0.2) is 18.2 Å². The molecule has 0 saturated carbocycles. The Balaban J connectivity index is 1.19. The summed E-state index contributed by atoms with van der Waals surface area (Å²) in [5, 5.41) is 2.94. The van der Waals surface area contributed by atoms with Crippen molar-refractivity contribution in [2.24, 2.45) is 0 Å². The molecule has 4 rings (SSSR count). The highest BCUT2D eigenvalue weighted by atomic mass is 16.7. The Morgan fingerprint density at radius 2 is 1.93 bits per heavy atom. The highest BCUT2D eigenvalue weighted by molar-refractivity contribution is 5.81. The molecule has 1 N–H and O–H groups in total. The molecule has 0 radical (unpaired) electrons. The van der Waals surface area contributed by atoms with Gasteiger partial charge in [0.25, 0.3) is 5.91 Å². The Hall–Kier alpha value is -2.32. The van der Waals surface area contributed by atoms with Crippen LogP contribution in [0.3, 0.4) is 0 Å². The van der Waals surface area contributed by atoms with Crippen LogP contribution in [0.1, 0.15) is 18.4 Å². The molecule has 0 spiro atoms. The van der Waals surface area contributed by atoms with Crippen LogP contribution < -0.4 is 14.8 Å². The van der Waals surface area contributed by atoms with E-state index in [0.717, 1.165) is 24.2 Å². The monoisotopic (exact) mass is 375 g/mol. The molecule has 2 fully saturated rings. The summed E-state index contributed by atoms with van der Waals surface area (Å²) >= 11 is 0. The lowest BCUT2D eigenvalue weighted by molar-refractivity contribution is -0.142. The second kappa shape index (κ2) is 8.14. The average molecular weight is 375 g/mol. The van der Waals surface area contributed by atoms with Crippen LogP contribution in [0.25, 0.3) is 0 Å². The van der Waals surface area contributed by atoms with Gasteiger partial charge >= 0.3 is 0 Å². The summed E-state index contributed by atoms with van der Waals surface area (Å²) in [6.45, 7) is 4.42. The standard InChI is InChI=1S/C19H25N3O5/c23-18(20-11-14-3-4-15-17(10-14)27-13-26-15)12-21-5-7-22(8-6-21)19(24)16-2-1-9-25-16/h3-4,10,16H,1-2,5-9,11-13H2,(H,20,23). The van der Waals surface area contributed by atoms with Crippen molar-refractivity contribution < 1.29 is 23.8 Å². The first-order valence-electron chi connectivity index (χ1n) is 9.47. The minimum atomic E-state index is -0.262. The van der Waals surface area contributed by atoms with Crippen molar-refractivity contribution in [2.75, 3.05) is 46.1 Å². The van der Waals surface area contributed by atoms with Gasteiger partial charge in [0.15, 0.2) is 11.5 Å². The number of rotatable bonds is 5. The van der Waals surface area contributed by atoms with Crippen LogP contribution in [0.5, 0.6) is 11.5 Å². The minimum Gasteiger partial charge on any atom is -0.454 e. The van der Waals surface area contributed by atoms with Gasteiger partial charge in [0.2, 0.25) is 12.7 Å². The third-order valence-electron chi connectivity index (χ3n) is 5.18. The van der Waals surface area contributed by atoms with E-state index in [1.54, 1.807) is 0 Å². The molecule has 8 heteroatoms. The zero-order chi connectivity index (χ0) is 18.6. The van der Waals surface area contributed by atoms with Crippen LogP contribution in [0, 0.1) is 0 Å². The zero-order valence-corrected chi connectivity index (χ0v) is 15.3. The molecular weight excluding hydrogens is 350 g/mol. The van der Waals surface area contributed by atoms with E-state index >= 15 is 0 Å². The molecule has 1 unspecified atom stereocenters. The first-order valence-corrected chi connectivity index (χ1v) is 9.47. The van der Waals surface area contributed by atoms with Crippen LogP contribution >= 0.6 is 0 Å². The van der Waals surface area contributed by atoms with Gasteiger partial charge < -0.3 is 24.4 Å². The van der Waals surface area contributed by atoms with E-state index in [1.165, 1.54) is 0 Å². The predicted octanol–water partition coefficient (Wildman–Crippen LogP) is 0.355. The third-order valence-corrected chi connectivity index (χ3v) is 5.18. The molecule has 8 nitrogen and oxygen atoms in total. The number of nitrogens with zero attached hydrogens (tertiary/aromatic N) is 2. The predicted molar refractivity (Wildman–Crippen MR) is 96.4 cm³/mol. The van der Waals surface area contributed by atoms with Gasteiger partial charge in [-0.3, -0.25) is 14.5 Å². The van der Waals surface area contributed by atoms with E-state index in [9.17, 15) is 9.59 Å². The number of ether oxygens (including phenoxy) is 3. The second-order valence-corrected chi connectivity index (χ2v) is 7.07. The number of piperazine rings is 1. The van der Waals surface area contributed by atoms with Crippen LogP contribution in [-0.4, -0.2) is 73.8 Å². The van der Waals surface area contributed by atoms with Crippen molar-refractivity contribution >= 4 is 11.8 Å². The van der Waals surface area contributed by atoms with Gasteiger partial charge in [0, 0.05) is 39.3 Å². The van der Waals surface area contributed by atoms with E-state index < -0.39 is 0 Å². The molecule has 0 aliphatic carbocycles. The summed E-state index contributed by atoms with van der Waals surface area (Å²) in [7, 11) is 0. The Labute approximate surface area is 158 Å². The number of hydrogen-bond donors (Lipinski definition) is 1. The SMILES string of the molecule is O=C(CN1CCN(C(=O)C2CCCO2)CC1)NCc1ccc2c(c1)OCO2. The van der Waals surface area contributed by atoms with E-state index in [1.807, 2.05) is 23.1 Å². The number of nitrogens with one attached hydrogen (secondary N) is 1. The van der Waals surface area contributed by atoms with Crippen molar-refractivity contribution in [1.29, 1.82) is 0 Å². The molecule has 1 atom stereocenters. The van der Waals surface area contributed by atoms with E-state index in [2.05, 4.69) is 10.2 Å². The number of fused-ring (bicyclic) bond motifs is 1. The van der Waals surface area contributed by atoms with Crippen molar-refractivity contribution in [2.45, 2.75) is 25.5 Å². The molecule has 3 aliphatic rings. The molecule has 1 aromatic carbocycles. The summed E-state index contributed by atoms with van der Waals surface area (Å²) in [4.78, 5) is 28.5. The van der Waals surface area contributed by atoms with Crippen LogP contribution in [0.4, 0.5) is 0 Å². The summed E-state index contributed by atoms with van der Waals surface area (Å²) in [5.41, 5.74) is 0.972. The number of carbonyl (C=O) groups excluding carboxylic acids is 2. The van der Waals surface area contributed by atoms with Gasteiger partial charge in [-0.15, -0.1) is 0 Å². The molecule has 27 heavy (non-hydrogen) atoms. The fourth-order valence-electron chi connectivity index (χ4n) is 3.61. The van der Waals surface area contributed by atoms with Gasteiger partial charge in [-0.1, -0.05) is 6.07 Å². The fraction of sp³-hybridized carbons (Fsp3) is 0.579. The van der Waals surface area contributed by atoms with Crippen LogP contribution in [0.2, 0.25) is 0 Å². The van der Waals surface area contributed by atoms with Crippen molar-refractivity contribution in [3.8, 4) is 11.5 Å².